The van der Waals surface area contributed by atoms with E-state index >= 15 is 0 Å². The summed E-state index contributed by atoms with van der Waals surface area (Å²) in [5.74, 6) is -0.240. The number of rotatable bonds is 8. The molecule has 0 radical (unpaired) electrons. The molecule has 3 aromatic rings. The minimum Gasteiger partial charge on any atom is -0.300 e. The summed E-state index contributed by atoms with van der Waals surface area (Å²) >= 11 is 0.820. The molecule has 1 aromatic heterocycles. The fourth-order valence-electron chi connectivity index (χ4n) is 2.29. The number of anilines is 1. The Labute approximate surface area is 161 Å². The van der Waals surface area contributed by atoms with E-state index in [1.54, 1.807) is 0 Å². The lowest BCUT2D eigenvalue weighted by Gasteiger charge is -2.03. The molecule has 27 heavy (non-hydrogen) atoms. The van der Waals surface area contributed by atoms with Gasteiger partial charge in [0.25, 0.3) is 10.0 Å². The van der Waals surface area contributed by atoms with Crippen molar-refractivity contribution in [1.82, 2.24) is 14.9 Å². The second kappa shape index (κ2) is 8.85. The van der Waals surface area contributed by atoms with Crippen LogP contribution in [0.3, 0.4) is 0 Å². The summed E-state index contributed by atoms with van der Waals surface area (Å²) in [6.45, 7) is 0.154. The average Bonchev–Trinajstić information content (AvgIpc) is 3.16. The topological polar surface area (TPSA) is 101 Å². The third-order valence-electron chi connectivity index (χ3n) is 3.68. The second-order valence-electron chi connectivity index (χ2n) is 5.72. The Morgan fingerprint density at radius 1 is 0.926 bits per heavy atom. The van der Waals surface area contributed by atoms with Gasteiger partial charge in [-0.25, -0.2) is 13.1 Å². The highest BCUT2D eigenvalue weighted by atomic mass is 32.2. The van der Waals surface area contributed by atoms with Crippen molar-refractivity contribution in [2.24, 2.45) is 0 Å². The van der Waals surface area contributed by atoms with Crippen LogP contribution in [0.1, 0.15) is 17.5 Å². The van der Waals surface area contributed by atoms with Gasteiger partial charge in [0.15, 0.2) is 0 Å². The Hall–Kier alpha value is -2.62. The van der Waals surface area contributed by atoms with E-state index in [-0.39, 0.29) is 28.3 Å². The maximum absolute atomic E-state index is 12.3. The number of sulfonamides is 1. The molecule has 3 rings (SSSR count). The number of hydrogen-bond acceptors (Lipinski definition) is 6. The van der Waals surface area contributed by atoms with Gasteiger partial charge in [0, 0.05) is 13.0 Å². The molecule has 0 aliphatic rings. The fraction of sp³-hybridized carbons (Fsp3) is 0.167. The molecule has 7 nitrogen and oxygen atoms in total. The normalized spacial score (nSPS) is 11.3. The third-order valence-corrected chi connectivity index (χ3v) is 6.28. The predicted octanol–water partition coefficient (Wildman–Crippen LogP) is 2.59. The summed E-state index contributed by atoms with van der Waals surface area (Å²) < 4.78 is 26.9. The maximum atomic E-state index is 12.3. The molecule has 0 bridgehead atoms. The van der Waals surface area contributed by atoms with Gasteiger partial charge in [-0.15, -0.1) is 10.2 Å². The molecule has 2 N–H and O–H groups in total. The van der Waals surface area contributed by atoms with E-state index in [9.17, 15) is 13.2 Å². The van der Waals surface area contributed by atoms with Crippen molar-refractivity contribution in [3.05, 3.63) is 71.8 Å². The first-order chi connectivity index (χ1) is 13.0. The predicted molar refractivity (Wildman–Crippen MR) is 104 cm³/mol. The number of hydrogen-bond donors (Lipinski definition) is 2. The van der Waals surface area contributed by atoms with E-state index in [1.807, 2.05) is 60.7 Å². The van der Waals surface area contributed by atoms with Gasteiger partial charge in [0.1, 0.15) is 0 Å². The first kappa shape index (κ1) is 19.2. The average molecular weight is 403 g/mol. The molecule has 0 aliphatic heterocycles. The molecule has 0 spiro atoms. The van der Waals surface area contributed by atoms with Gasteiger partial charge < -0.3 is 5.32 Å². The van der Waals surface area contributed by atoms with Gasteiger partial charge in [-0.1, -0.05) is 72.0 Å². The van der Waals surface area contributed by atoms with Crippen LogP contribution >= 0.6 is 11.3 Å². The van der Waals surface area contributed by atoms with Crippen molar-refractivity contribution in [1.29, 1.82) is 0 Å². The van der Waals surface area contributed by atoms with Crippen molar-refractivity contribution >= 4 is 32.4 Å². The Kier molecular flexibility index (Phi) is 6.28. The first-order valence-electron chi connectivity index (χ1n) is 8.24. The van der Waals surface area contributed by atoms with Crippen LogP contribution in [0.25, 0.3) is 0 Å². The minimum absolute atomic E-state index is 0.154. The molecule has 0 saturated carbocycles. The van der Waals surface area contributed by atoms with Gasteiger partial charge >= 0.3 is 0 Å². The monoisotopic (exact) mass is 402 g/mol. The Balaban J connectivity index is 1.54. The van der Waals surface area contributed by atoms with E-state index in [4.69, 9.17) is 0 Å². The SMILES string of the molecule is O=C(CCc1ccccc1)Nc1nnc(S(=O)(=O)NCc2ccccc2)s1. The zero-order valence-electron chi connectivity index (χ0n) is 14.3. The number of nitrogens with one attached hydrogen (secondary N) is 2. The number of amides is 1. The fourth-order valence-corrected chi connectivity index (χ4v) is 4.26. The molecule has 0 atom stereocenters. The Morgan fingerprint density at radius 2 is 1.56 bits per heavy atom. The van der Waals surface area contributed by atoms with E-state index in [0.29, 0.717) is 6.42 Å². The standard InChI is InChI=1S/C18H18N4O3S2/c23-16(12-11-14-7-3-1-4-8-14)20-17-21-22-18(26-17)27(24,25)19-13-15-9-5-2-6-10-15/h1-10,19H,11-13H2,(H,20,21,23). The lowest BCUT2D eigenvalue weighted by molar-refractivity contribution is -0.116. The van der Waals surface area contributed by atoms with Crippen molar-refractivity contribution in [2.45, 2.75) is 23.7 Å². The van der Waals surface area contributed by atoms with Crippen LogP contribution in [0, 0.1) is 0 Å². The molecule has 0 unspecified atom stereocenters. The third kappa shape index (κ3) is 5.68. The van der Waals surface area contributed by atoms with Crippen molar-refractivity contribution in [2.75, 3.05) is 5.32 Å². The largest absolute Gasteiger partial charge is 0.300 e. The Bertz CT molecular complexity index is 990. The molecular formula is C18H18N4O3S2. The van der Waals surface area contributed by atoms with Crippen molar-refractivity contribution in [3.63, 3.8) is 0 Å². The smallest absolute Gasteiger partial charge is 0.270 e. The van der Waals surface area contributed by atoms with Crippen LogP contribution in [0.4, 0.5) is 5.13 Å². The highest BCUT2D eigenvalue weighted by Gasteiger charge is 2.20. The van der Waals surface area contributed by atoms with Crippen LogP contribution in [0.2, 0.25) is 0 Å². The highest BCUT2D eigenvalue weighted by Crippen LogP contribution is 2.20. The lowest BCUT2D eigenvalue weighted by Crippen LogP contribution is -2.23. The molecule has 0 saturated heterocycles. The van der Waals surface area contributed by atoms with E-state index < -0.39 is 10.0 Å². The van der Waals surface area contributed by atoms with Crippen LogP contribution in [-0.4, -0.2) is 24.5 Å². The van der Waals surface area contributed by atoms with Crippen molar-refractivity contribution in [3.8, 4) is 0 Å². The van der Waals surface area contributed by atoms with Crippen molar-refractivity contribution < 1.29 is 13.2 Å². The molecule has 2 aromatic carbocycles. The molecule has 1 heterocycles. The maximum Gasteiger partial charge on any atom is 0.270 e. The summed E-state index contributed by atoms with van der Waals surface area (Å²) in [6, 6.07) is 18.8. The molecule has 0 fully saturated rings. The minimum atomic E-state index is -3.79. The van der Waals surface area contributed by atoms with Crippen LogP contribution in [0.15, 0.2) is 65.0 Å². The number of aryl methyl sites for hydroxylation is 1. The van der Waals surface area contributed by atoms with Crippen LogP contribution in [-0.2, 0) is 27.8 Å². The molecule has 9 heteroatoms. The van der Waals surface area contributed by atoms with E-state index in [0.717, 1.165) is 22.5 Å². The van der Waals surface area contributed by atoms with Gasteiger partial charge in [0.2, 0.25) is 15.4 Å². The summed E-state index contributed by atoms with van der Waals surface area (Å²) in [6.07, 6.45) is 0.868. The zero-order valence-corrected chi connectivity index (χ0v) is 16.0. The number of carbonyl (C=O) groups is 1. The Morgan fingerprint density at radius 3 is 2.22 bits per heavy atom. The van der Waals surface area contributed by atoms with Gasteiger partial charge in [-0.2, -0.15) is 0 Å². The molecule has 1 amide bonds. The number of aromatic nitrogens is 2. The summed E-state index contributed by atoms with van der Waals surface area (Å²) in [5, 5.41) is 10.2. The van der Waals surface area contributed by atoms with Gasteiger partial charge in [-0.3, -0.25) is 4.79 Å². The van der Waals surface area contributed by atoms with E-state index in [2.05, 4.69) is 20.2 Å². The number of benzene rings is 2. The quantitative estimate of drug-likeness (QED) is 0.564. The number of nitrogens with zero attached hydrogens (tertiary/aromatic N) is 2. The van der Waals surface area contributed by atoms with Crippen LogP contribution in [0.5, 0.6) is 0 Å². The first-order valence-corrected chi connectivity index (χ1v) is 10.5. The molecular weight excluding hydrogens is 384 g/mol. The van der Waals surface area contributed by atoms with Gasteiger partial charge in [-0.05, 0) is 17.5 Å². The lowest BCUT2D eigenvalue weighted by atomic mass is 10.1. The molecule has 0 aliphatic carbocycles. The summed E-state index contributed by atoms with van der Waals surface area (Å²) in [7, 11) is -3.79. The molecule has 140 valence electrons. The van der Waals surface area contributed by atoms with Crippen LogP contribution < -0.4 is 10.0 Å². The van der Waals surface area contributed by atoms with Gasteiger partial charge in [0.05, 0.1) is 0 Å². The summed E-state index contributed by atoms with van der Waals surface area (Å²) in [5.41, 5.74) is 1.89. The van der Waals surface area contributed by atoms with E-state index in [1.165, 1.54) is 0 Å². The zero-order chi connectivity index (χ0) is 19.1. The summed E-state index contributed by atoms with van der Waals surface area (Å²) in [4.78, 5) is 12.0. The highest BCUT2D eigenvalue weighted by molar-refractivity contribution is 7.91. The second-order valence-corrected chi connectivity index (χ2v) is 8.64. The number of carbonyl (C=O) groups excluding carboxylic acids is 1.